The molecular weight excluding hydrogens is 554 g/mol. The second-order valence-corrected chi connectivity index (χ2v) is 11.2. The van der Waals surface area contributed by atoms with Crippen molar-refractivity contribution in [3.63, 3.8) is 0 Å². The maximum absolute atomic E-state index is 13.5. The molecule has 4 atom stereocenters. The summed E-state index contributed by atoms with van der Waals surface area (Å²) >= 11 is 0. The number of nitrogens with one attached hydrogen (secondary N) is 3. The minimum Gasteiger partial charge on any atom is -0.508 e. The van der Waals surface area contributed by atoms with Gasteiger partial charge < -0.3 is 36.8 Å². The number of benzene rings is 2. The first kappa shape index (κ1) is 33.1. The summed E-state index contributed by atoms with van der Waals surface area (Å²) in [5.74, 6) is -3.23. The SMILES string of the molecule is CC(C)C[C@H](NC(=O)[C@H](Cc1ccccc1)NC(=O)CNC(=O)[C@@H](N)Cc1ccc(O)cc1)C(=O)N1CCC[C@H]1C(=O)O. The van der Waals surface area contributed by atoms with Gasteiger partial charge >= 0.3 is 5.97 Å². The van der Waals surface area contributed by atoms with E-state index in [1.165, 1.54) is 17.0 Å². The van der Waals surface area contributed by atoms with Crippen molar-refractivity contribution in [1.82, 2.24) is 20.9 Å². The van der Waals surface area contributed by atoms with E-state index in [1.54, 1.807) is 36.4 Å². The normalized spacial score (nSPS) is 16.7. The van der Waals surface area contributed by atoms with Gasteiger partial charge in [0.15, 0.2) is 0 Å². The monoisotopic (exact) mass is 595 g/mol. The van der Waals surface area contributed by atoms with E-state index >= 15 is 0 Å². The summed E-state index contributed by atoms with van der Waals surface area (Å²) in [4.78, 5) is 65.4. The maximum Gasteiger partial charge on any atom is 0.326 e. The highest BCUT2D eigenvalue weighted by molar-refractivity contribution is 5.94. The van der Waals surface area contributed by atoms with E-state index in [0.29, 0.717) is 19.4 Å². The second-order valence-electron chi connectivity index (χ2n) is 11.2. The fourth-order valence-electron chi connectivity index (χ4n) is 5.03. The van der Waals surface area contributed by atoms with Crippen LogP contribution in [0.15, 0.2) is 54.6 Å². The molecule has 1 aliphatic heterocycles. The minimum atomic E-state index is -1.08. The van der Waals surface area contributed by atoms with E-state index in [0.717, 1.165) is 11.1 Å². The zero-order valence-corrected chi connectivity index (χ0v) is 24.5. The molecular formula is C31H41N5O7. The summed E-state index contributed by atoms with van der Waals surface area (Å²) in [6.45, 7) is 3.65. The number of nitrogens with two attached hydrogens (primary N) is 1. The molecule has 0 unspecified atom stereocenters. The molecule has 12 nitrogen and oxygen atoms in total. The molecule has 0 aliphatic carbocycles. The standard InChI is InChI=1S/C31H41N5O7/c1-19(2)15-25(30(41)36-14-6-9-26(36)31(42)43)35-29(40)24(17-20-7-4-3-5-8-20)34-27(38)18-33-28(39)23(32)16-21-10-12-22(37)13-11-21/h3-5,7-8,10-13,19,23-26,37H,6,9,14-18,32H2,1-2H3,(H,33,39)(H,34,38)(H,35,40)(H,42,43)/t23-,24-,25-,26-/m0/s1. The van der Waals surface area contributed by atoms with Crippen LogP contribution in [0.1, 0.15) is 44.2 Å². The molecule has 0 bridgehead atoms. The largest absolute Gasteiger partial charge is 0.508 e. The average Bonchev–Trinajstić information content (AvgIpc) is 3.47. The Hall–Kier alpha value is -4.45. The van der Waals surface area contributed by atoms with Gasteiger partial charge in [-0.05, 0) is 54.9 Å². The number of likely N-dealkylation sites (tertiary alicyclic amines) is 1. The zero-order valence-electron chi connectivity index (χ0n) is 24.5. The zero-order chi connectivity index (χ0) is 31.5. The smallest absolute Gasteiger partial charge is 0.326 e. The number of hydrogen-bond donors (Lipinski definition) is 6. The van der Waals surface area contributed by atoms with Crippen LogP contribution in [0.3, 0.4) is 0 Å². The average molecular weight is 596 g/mol. The van der Waals surface area contributed by atoms with E-state index in [4.69, 9.17) is 5.73 Å². The molecule has 1 heterocycles. The van der Waals surface area contributed by atoms with Crippen LogP contribution in [0.2, 0.25) is 0 Å². The highest BCUT2D eigenvalue weighted by Crippen LogP contribution is 2.20. The summed E-state index contributed by atoms with van der Waals surface area (Å²) in [6, 6.07) is 11.3. The Morgan fingerprint density at radius 1 is 0.907 bits per heavy atom. The first-order valence-corrected chi connectivity index (χ1v) is 14.4. The third-order valence-electron chi connectivity index (χ3n) is 7.23. The topological polar surface area (TPSA) is 191 Å². The molecule has 2 aromatic rings. The Morgan fingerprint density at radius 2 is 1.56 bits per heavy atom. The van der Waals surface area contributed by atoms with Gasteiger partial charge in [-0.3, -0.25) is 19.2 Å². The number of nitrogens with zero attached hydrogens (tertiary/aromatic N) is 1. The quantitative estimate of drug-likeness (QED) is 0.184. The lowest BCUT2D eigenvalue weighted by atomic mass is 10.00. The summed E-state index contributed by atoms with van der Waals surface area (Å²) < 4.78 is 0. The molecule has 0 saturated carbocycles. The Morgan fingerprint density at radius 3 is 2.19 bits per heavy atom. The van der Waals surface area contributed by atoms with Crippen molar-refractivity contribution in [1.29, 1.82) is 0 Å². The van der Waals surface area contributed by atoms with Crippen molar-refractivity contribution in [2.24, 2.45) is 11.7 Å². The lowest BCUT2D eigenvalue weighted by Gasteiger charge is -2.29. The predicted octanol–water partition coefficient (Wildman–Crippen LogP) is 0.712. The molecule has 0 spiro atoms. The van der Waals surface area contributed by atoms with Gasteiger partial charge in [0.2, 0.25) is 23.6 Å². The summed E-state index contributed by atoms with van der Waals surface area (Å²) in [6.07, 6.45) is 1.51. The van der Waals surface area contributed by atoms with Crippen LogP contribution in [0.25, 0.3) is 0 Å². The molecule has 0 radical (unpaired) electrons. The number of carbonyl (C=O) groups is 5. The van der Waals surface area contributed by atoms with Crippen molar-refractivity contribution < 1.29 is 34.2 Å². The molecule has 232 valence electrons. The number of aliphatic carboxylic acids is 1. The molecule has 3 rings (SSSR count). The molecule has 7 N–H and O–H groups in total. The third kappa shape index (κ3) is 10.1. The van der Waals surface area contributed by atoms with Gasteiger partial charge in [0.05, 0.1) is 12.6 Å². The van der Waals surface area contributed by atoms with Crippen LogP contribution < -0.4 is 21.7 Å². The number of hydrogen-bond acceptors (Lipinski definition) is 7. The fraction of sp³-hybridized carbons (Fsp3) is 0.452. The summed E-state index contributed by atoms with van der Waals surface area (Å²) in [7, 11) is 0. The highest BCUT2D eigenvalue weighted by atomic mass is 16.4. The van der Waals surface area contributed by atoms with E-state index in [-0.39, 0.29) is 30.9 Å². The molecule has 43 heavy (non-hydrogen) atoms. The summed E-state index contributed by atoms with van der Waals surface area (Å²) in [5, 5.41) is 26.9. The molecule has 1 aliphatic rings. The lowest BCUT2D eigenvalue weighted by Crippen LogP contribution is -2.57. The minimum absolute atomic E-state index is 0.0169. The van der Waals surface area contributed by atoms with E-state index in [1.807, 2.05) is 19.9 Å². The van der Waals surface area contributed by atoms with Gasteiger partial charge in [-0.1, -0.05) is 56.3 Å². The van der Waals surface area contributed by atoms with Crippen molar-refractivity contribution in [2.75, 3.05) is 13.1 Å². The van der Waals surface area contributed by atoms with Gasteiger partial charge in [0, 0.05) is 13.0 Å². The number of carboxylic acid groups (broad SMARTS) is 1. The number of phenolic OH excluding ortho intramolecular Hbond substituents is 1. The maximum atomic E-state index is 13.5. The summed E-state index contributed by atoms with van der Waals surface area (Å²) in [5.41, 5.74) is 7.48. The molecule has 2 aromatic carbocycles. The first-order valence-electron chi connectivity index (χ1n) is 14.4. The van der Waals surface area contributed by atoms with Gasteiger partial charge in [-0.25, -0.2) is 4.79 Å². The van der Waals surface area contributed by atoms with Crippen LogP contribution in [0.4, 0.5) is 0 Å². The van der Waals surface area contributed by atoms with Crippen LogP contribution in [-0.2, 0) is 36.8 Å². The van der Waals surface area contributed by atoms with Crippen LogP contribution in [0.5, 0.6) is 5.75 Å². The Labute approximate surface area is 251 Å². The third-order valence-corrected chi connectivity index (χ3v) is 7.23. The molecule has 1 saturated heterocycles. The van der Waals surface area contributed by atoms with Crippen LogP contribution in [0, 0.1) is 5.92 Å². The number of aromatic hydroxyl groups is 1. The lowest BCUT2D eigenvalue weighted by molar-refractivity contribution is -0.149. The van der Waals surface area contributed by atoms with Gasteiger partial charge in [0.25, 0.3) is 0 Å². The molecule has 12 heteroatoms. The van der Waals surface area contributed by atoms with E-state index < -0.39 is 60.3 Å². The van der Waals surface area contributed by atoms with E-state index in [9.17, 15) is 34.2 Å². The van der Waals surface area contributed by atoms with Gasteiger partial charge in [0.1, 0.15) is 23.9 Å². The predicted molar refractivity (Wildman–Crippen MR) is 159 cm³/mol. The number of carboxylic acids is 1. The molecule has 0 aromatic heterocycles. The number of rotatable bonds is 14. The number of amides is 4. The van der Waals surface area contributed by atoms with Crippen molar-refractivity contribution in [3.8, 4) is 5.75 Å². The van der Waals surface area contributed by atoms with Crippen LogP contribution in [-0.4, -0.2) is 82.0 Å². The van der Waals surface area contributed by atoms with E-state index in [2.05, 4.69) is 16.0 Å². The molecule has 4 amide bonds. The van der Waals surface area contributed by atoms with Gasteiger partial charge in [-0.15, -0.1) is 0 Å². The highest BCUT2D eigenvalue weighted by Gasteiger charge is 2.38. The molecule has 1 fully saturated rings. The Kier molecular flexibility index (Phi) is 12.1. The first-order chi connectivity index (χ1) is 20.4. The Bertz CT molecular complexity index is 1270. The van der Waals surface area contributed by atoms with Crippen molar-refractivity contribution in [3.05, 3.63) is 65.7 Å². The Balaban J connectivity index is 1.67. The number of carbonyl (C=O) groups excluding carboxylic acids is 4. The van der Waals surface area contributed by atoms with Crippen molar-refractivity contribution in [2.45, 2.75) is 70.1 Å². The second kappa shape index (κ2) is 15.7. The van der Waals surface area contributed by atoms with Gasteiger partial charge in [-0.2, -0.15) is 0 Å². The van der Waals surface area contributed by atoms with Crippen LogP contribution >= 0.6 is 0 Å². The van der Waals surface area contributed by atoms with Crippen molar-refractivity contribution >= 4 is 29.6 Å². The fourth-order valence-corrected chi connectivity index (χ4v) is 5.03. The number of phenols is 1.